The summed E-state index contributed by atoms with van der Waals surface area (Å²) in [5.41, 5.74) is 0. The summed E-state index contributed by atoms with van der Waals surface area (Å²) in [4.78, 5) is 28.2. The maximum absolute atomic E-state index is 12.3. The van der Waals surface area contributed by atoms with Gasteiger partial charge in [-0.1, -0.05) is 19.8 Å². The molecule has 0 radical (unpaired) electrons. The van der Waals surface area contributed by atoms with Crippen molar-refractivity contribution in [2.24, 2.45) is 7.05 Å². The lowest BCUT2D eigenvalue weighted by molar-refractivity contribution is -0.141. The van der Waals surface area contributed by atoms with E-state index in [0.29, 0.717) is 12.4 Å². The molecular formula is C15H25N5O2. The maximum Gasteiger partial charge on any atom is 0.239 e. The number of unbranched alkanes of at least 4 members (excludes halogenated alkanes) is 1. The Morgan fingerprint density at radius 2 is 2.18 bits per heavy atom. The highest BCUT2D eigenvalue weighted by Gasteiger charge is 2.33. The van der Waals surface area contributed by atoms with Crippen LogP contribution >= 0.6 is 0 Å². The monoisotopic (exact) mass is 307 g/mol. The molecule has 0 aliphatic carbocycles. The number of amides is 2. The fraction of sp³-hybridized carbons (Fsp3) is 0.667. The number of nitrogens with one attached hydrogen (secondary N) is 1. The molecule has 1 aliphatic rings. The van der Waals surface area contributed by atoms with Gasteiger partial charge < -0.3 is 10.2 Å². The summed E-state index contributed by atoms with van der Waals surface area (Å²) >= 11 is 0. The van der Waals surface area contributed by atoms with E-state index in [1.807, 2.05) is 11.9 Å². The van der Waals surface area contributed by atoms with Gasteiger partial charge in [-0.05, 0) is 6.42 Å². The normalized spacial score (nSPS) is 19.5. The van der Waals surface area contributed by atoms with Crippen molar-refractivity contribution in [2.45, 2.75) is 32.2 Å². The second-order valence-electron chi connectivity index (χ2n) is 5.81. The van der Waals surface area contributed by atoms with Crippen LogP contribution in [0.3, 0.4) is 0 Å². The number of aromatic nitrogens is 2. The molecule has 1 saturated heterocycles. The number of carbonyl (C=O) groups is 2. The Morgan fingerprint density at radius 1 is 1.41 bits per heavy atom. The first kappa shape index (κ1) is 16.5. The summed E-state index contributed by atoms with van der Waals surface area (Å²) in [6.07, 6.45) is 4.61. The van der Waals surface area contributed by atoms with Crippen LogP contribution in [0.2, 0.25) is 0 Å². The van der Waals surface area contributed by atoms with E-state index >= 15 is 0 Å². The first-order valence-electron chi connectivity index (χ1n) is 7.79. The van der Waals surface area contributed by atoms with Gasteiger partial charge >= 0.3 is 0 Å². The van der Waals surface area contributed by atoms with Crippen LogP contribution in [0, 0.1) is 0 Å². The van der Waals surface area contributed by atoms with E-state index in [2.05, 4.69) is 17.3 Å². The van der Waals surface area contributed by atoms with E-state index in [-0.39, 0.29) is 24.4 Å². The molecule has 1 aliphatic heterocycles. The summed E-state index contributed by atoms with van der Waals surface area (Å²) in [7, 11) is 3.63. The van der Waals surface area contributed by atoms with E-state index in [1.54, 1.807) is 28.9 Å². The van der Waals surface area contributed by atoms with Gasteiger partial charge in [-0.2, -0.15) is 5.10 Å². The smallest absolute Gasteiger partial charge is 0.239 e. The Morgan fingerprint density at radius 3 is 2.82 bits per heavy atom. The fourth-order valence-electron chi connectivity index (χ4n) is 2.70. The van der Waals surface area contributed by atoms with E-state index < -0.39 is 0 Å². The van der Waals surface area contributed by atoms with Crippen LogP contribution in [0.1, 0.15) is 26.2 Å². The minimum Gasteiger partial charge on any atom is -0.343 e. The van der Waals surface area contributed by atoms with Crippen LogP contribution in [-0.2, 0) is 16.6 Å². The van der Waals surface area contributed by atoms with Gasteiger partial charge in [-0.15, -0.1) is 0 Å². The fourth-order valence-corrected chi connectivity index (χ4v) is 2.70. The summed E-state index contributed by atoms with van der Waals surface area (Å²) < 4.78 is 1.64. The van der Waals surface area contributed by atoms with Crippen molar-refractivity contribution >= 4 is 17.6 Å². The number of aryl methyl sites for hydroxylation is 1. The summed E-state index contributed by atoms with van der Waals surface area (Å²) in [5.74, 6) is 0.529. The van der Waals surface area contributed by atoms with Crippen LogP contribution in [0.15, 0.2) is 12.3 Å². The third kappa shape index (κ3) is 4.07. The van der Waals surface area contributed by atoms with E-state index in [1.165, 1.54) is 0 Å². The highest BCUT2D eigenvalue weighted by atomic mass is 16.2. The predicted molar refractivity (Wildman–Crippen MR) is 84.4 cm³/mol. The molecule has 0 bridgehead atoms. The summed E-state index contributed by atoms with van der Waals surface area (Å²) in [6, 6.07) is 1.56. The van der Waals surface area contributed by atoms with Crippen molar-refractivity contribution in [3.63, 3.8) is 0 Å². The zero-order valence-electron chi connectivity index (χ0n) is 13.6. The second kappa shape index (κ2) is 7.40. The van der Waals surface area contributed by atoms with Gasteiger partial charge in [-0.3, -0.25) is 19.2 Å². The Hall–Kier alpha value is -1.89. The summed E-state index contributed by atoms with van der Waals surface area (Å²) in [5, 5.41) is 6.91. The van der Waals surface area contributed by atoms with Crippen LogP contribution in [0.4, 0.5) is 5.82 Å². The van der Waals surface area contributed by atoms with Crippen LogP contribution in [0.5, 0.6) is 0 Å². The minimum atomic E-state index is -0.187. The van der Waals surface area contributed by atoms with Crippen molar-refractivity contribution in [3.8, 4) is 0 Å². The van der Waals surface area contributed by atoms with Gasteiger partial charge in [0.15, 0.2) is 5.82 Å². The topological polar surface area (TPSA) is 70.5 Å². The van der Waals surface area contributed by atoms with Gasteiger partial charge in [0.25, 0.3) is 0 Å². The molecule has 0 aromatic carbocycles. The zero-order valence-corrected chi connectivity index (χ0v) is 13.6. The molecule has 0 spiro atoms. The number of rotatable bonds is 6. The highest BCUT2D eigenvalue weighted by Crippen LogP contribution is 2.16. The Labute approximate surface area is 131 Å². The quantitative estimate of drug-likeness (QED) is 0.839. The first-order chi connectivity index (χ1) is 10.5. The molecule has 1 aromatic rings. The largest absolute Gasteiger partial charge is 0.343 e. The molecule has 122 valence electrons. The molecule has 1 fully saturated rings. The molecule has 2 amide bonds. The molecule has 0 unspecified atom stereocenters. The average molecular weight is 307 g/mol. The van der Waals surface area contributed by atoms with E-state index in [0.717, 1.165) is 25.8 Å². The molecule has 1 aromatic heterocycles. The molecule has 2 rings (SSSR count). The lowest BCUT2D eigenvalue weighted by Gasteiger charge is -2.38. The number of anilines is 1. The van der Waals surface area contributed by atoms with Gasteiger partial charge in [0, 0.05) is 39.4 Å². The van der Waals surface area contributed by atoms with Gasteiger partial charge in [-0.25, -0.2) is 0 Å². The van der Waals surface area contributed by atoms with Crippen molar-refractivity contribution in [1.82, 2.24) is 19.6 Å². The molecule has 0 saturated carbocycles. The minimum absolute atomic E-state index is 0.116. The predicted octanol–water partition coefficient (Wildman–Crippen LogP) is 0.691. The van der Waals surface area contributed by atoms with Gasteiger partial charge in [0.05, 0.1) is 12.6 Å². The van der Waals surface area contributed by atoms with Crippen molar-refractivity contribution in [3.05, 3.63) is 12.3 Å². The van der Waals surface area contributed by atoms with Gasteiger partial charge in [0.2, 0.25) is 11.8 Å². The SMILES string of the molecule is CCCC[C@H]1C(=O)N(C)CCN1CC(=O)Nc1ccn(C)n1. The van der Waals surface area contributed by atoms with Crippen LogP contribution in [-0.4, -0.2) is 64.1 Å². The van der Waals surface area contributed by atoms with Crippen molar-refractivity contribution in [1.29, 1.82) is 0 Å². The third-order valence-corrected chi connectivity index (χ3v) is 3.98. The van der Waals surface area contributed by atoms with Crippen LogP contribution < -0.4 is 5.32 Å². The van der Waals surface area contributed by atoms with Gasteiger partial charge in [0.1, 0.15) is 0 Å². The standard InChI is InChI=1S/C15H25N5O2/c1-4-5-6-12-15(22)18(2)9-10-20(12)11-14(21)16-13-7-8-19(3)17-13/h7-8,12H,4-6,9-11H2,1-3H3,(H,16,17,21)/t12-/m0/s1. The molecular weight excluding hydrogens is 282 g/mol. The Bertz CT molecular complexity index is 528. The summed E-state index contributed by atoms with van der Waals surface area (Å²) in [6.45, 7) is 3.73. The Kier molecular flexibility index (Phi) is 5.54. The molecule has 1 N–H and O–H groups in total. The lowest BCUT2D eigenvalue weighted by Crippen LogP contribution is -2.57. The number of carbonyl (C=O) groups excluding carboxylic acids is 2. The Balaban J connectivity index is 1.95. The van der Waals surface area contributed by atoms with Crippen molar-refractivity contribution < 1.29 is 9.59 Å². The number of nitrogens with zero attached hydrogens (tertiary/aromatic N) is 4. The molecule has 2 heterocycles. The molecule has 7 nitrogen and oxygen atoms in total. The number of hydrogen-bond acceptors (Lipinski definition) is 4. The lowest BCUT2D eigenvalue weighted by atomic mass is 10.0. The maximum atomic E-state index is 12.3. The first-order valence-corrected chi connectivity index (χ1v) is 7.79. The average Bonchev–Trinajstić information content (AvgIpc) is 2.87. The second-order valence-corrected chi connectivity index (χ2v) is 5.81. The number of likely N-dealkylation sites (N-methyl/N-ethyl adjacent to an activating group) is 1. The number of hydrogen-bond donors (Lipinski definition) is 1. The molecule has 7 heteroatoms. The highest BCUT2D eigenvalue weighted by molar-refractivity contribution is 5.92. The zero-order chi connectivity index (χ0) is 16.1. The molecule has 22 heavy (non-hydrogen) atoms. The molecule has 1 atom stereocenters. The van der Waals surface area contributed by atoms with Crippen LogP contribution in [0.25, 0.3) is 0 Å². The third-order valence-electron chi connectivity index (χ3n) is 3.98. The van der Waals surface area contributed by atoms with Crippen molar-refractivity contribution in [2.75, 3.05) is 32.0 Å². The van der Waals surface area contributed by atoms with E-state index in [9.17, 15) is 9.59 Å². The van der Waals surface area contributed by atoms with E-state index in [4.69, 9.17) is 0 Å². The number of piperazine rings is 1.